The Morgan fingerprint density at radius 1 is 1.42 bits per heavy atom. The lowest BCUT2D eigenvalue weighted by molar-refractivity contribution is -0.0898. The van der Waals surface area contributed by atoms with Crippen molar-refractivity contribution in [1.29, 1.82) is 0 Å². The zero-order valence-electron chi connectivity index (χ0n) is 12.4. The largest absolute Gasteiger partial charge is 0.453 e. The number of rotatable bonds is 4. The Kier molecular flexibility index (Phi) is 5.04. The monoisotopic (exact) mass is 268 g/mol. The van der Waals surface area contributed by atoms with Crippen LogP contribution in [0, 0.1) is 0 Å². The van der Waals surface area contributed by atoms with Crippen molar-refractivity contribution in [3.05, 3.63) is 11.5 Å². The Bertz CT molecular complexity index is 360. The van der Waals surface area contributed by atoms with Crippen molar-refractivity contribution in [3.8, 4) is 0 Å². The predicted molar refractivity (Wildman–Crippen MR) is 73.9 cm³/mol. The summed E-state index contributed by atoms with van der Waals surface area (Å²) in [5, 5.41) is 10.0. The van der Waals surface area contributed by atoms with E-state index in [1.165, 1.54) is 7.11 Å². The molecule has 0 atom stereocenters. The molecule has 0 fully saturated rings. The molecule has 1 N–H and O–H groups in total. The Balaban J connectivity index is 2.55. The first-order valence-corrected chi connectivity index (χ1v) is 6.43. The van der Waals surface area contributed by atoms with Crippen LogP contribution < -0.4 is 0 Å². The van der Waals surface area contributed by atoms with Gasteiger partial charge in [-0.3, -0.25) is 0 Å². The molecular weight excluding hydrogens is 245 g/mol. The lowest BCUT2D eigenvalue weighted by Crippen LogP contribution is -2.48. The van der Waals surface area contributed by atoms with Crippen LogP contribution in [0.15, 0.2) is 11.5 Å². The lowest BCUT2D eigenvalue weighted by Gasteiger charge is -2.38. The highest BCUT2D eigenvalue weighted by atomic mass is 16.5. The van der Waals surface area contributed by atoms with E-state index >= 15 is 0 Å². The molecule has 19 heavy (non-hydrogen) atoms. The average Bonchev–Trinajstić information content (AvgIpc) is 2.34. The van der Waals surface area contributed by atoms with Gasteiger partial charge in [-0.2, -0.15) is 0 Å². The van der Waals surface area contributed by atoms with Crippen LogP contribution in [-0.4, -0.2) is 55.0 Å². The molecule has 1 amide bonds. The first-order valence-electron chi connectivity index (χ1n) is 6.43. The van der Waals surface area contributed by atoms with Crippen molar-refractivity contribution < 1.29 is 19.3 Å². The molecule has 1 radical (unpaired) electrons. The van der Waals surface area contributed by atoms with Crippen LogP contribution in [0.3, 0.4) is 0 Å². The summed E-state index contributed by atoms with van der Waals surface area (Å²) in [5.41, 5.74) is -0.753. The minimum atomic E-state index is -0.958. The van der Waals surface area contributed by atoms with Gasteiger partial charge in [0.25, 0.3) is 0 Å². The van der Waals surface area contributed by atoms with E-state index in [1.807, 2.05) is 19.9 Å². The smallest absolute Gasteiger partial charge is 0.409 e. The fraction of sp³-hybridized carbons (Fsp3) is 0.769. The van der Waals surface area contributed by atoms with Crippen molar-refractivity contribution in [2.75, 3.05) is 20.2 Å². The first-order chi connectivity index (χ1) is 8.67. The van der Waals surface area contributed by atoms with Gasteiger partial charge in [0.2, 0.25) is 0 Å². The molecule has 0 spiro atoms. The summed E-state index contributed by atoms with van der Waals surface area (Å²) in [6.45, 7) is 8.18. The molecule has 0 bridgehead atoms. The maximum atomic E-state index is 11.5. The first kappa shape index (κ1) is 16.1. The summed E-state index contributed by atoms with van der Waals surface area (Å²) < 4.78 is 10.4. The summed E-state index contributed by atoms with van der Waals surface area (Å²) in [6, 6.07) is 0. The van der Waals surface area contributed by atoms with Crippen molar-refractivity contribution >= 4 is 13.6 Å². The van der Waals surface area contributed by atoms with Crippen LogP contribution in [0.5, 0.6) is 0 Å². The molecule has 0 unspecified atom stereocenters. The maximum absolute atomic E-state index is 11.5. The Morgan fingerprint density at radius 2 is 2.05 bits per heavy atom. The van der Waals surface area contributed by atoms with E-state index < -0.39 is 11.2 Å². The number of carbonyl (C=O) groups excluding carboxylic acids is 1. The van der Waals surface area contributed by atoms with Crippen LogP contribution in [0.1, 0.15) is 34.1 Å². The molecule has 1 rings (SSSR count). The molecule has 6 heteroatoms. The minimum absolute atomic E-state index is 0.333. The molecule has 0 aromatic rings. The number of carbonyl (C=O) groups is 1. The molecule has 0 aromatic carbocycles. The van der Waals surface area contributed by atoms with E-state index in [4.69, 9.17) is 9.39 Å². The Morgan fingerprint density at radius 3 is 2.58 bits per heavy atom. The van der Waals surface area contributed by atoms with Crippen LogP contribution >= 0.6 is 0 Å². The van der Waals surface area contributed by atoms with E-state index in [9.17, 15) is 9.90 Å². The average molecular weight is 268 g/mol. The molecule has 5 nitrogen and oxygen atoms in total. The quantitative estimate of drug-likeness (QED) is 0.785. The molecule has 0 saturated heterocycles. The van der Waals surface area contributed by atoms with E-state index in [2.05, 4.69) is 0 Å². The third kappa shape index (κ3) is 4.25. The summed E-state index contributed by atoms with van der Waals surface area (Å²) in [4.78, 5) is 13.1. The van der Waals surface area contributed by atoms with Gasteiger partial charge in [-0.25, -0.2) is 4.79 Å². The maximum Gasteiger partial charge on any atom is 0.409 e. The summed E-state index contributed by atoms with van der Waals surface area (Å²) in [7, 11) is 2.99. The predicted octanol–water partition coefficient (Wildman–Crippen LogP) is 1.53. The number of hydrogen-bond acceptors (Lipinski definition) is 4. The van der Waals surface area contributed by atoms with Crippen LogP contribution in [0.4, 0.5) is 4.79 Å². The molecule has 0 aliphatic carbocycles. The van der Waals surface area contributed by atoms with Gasteiger partial charge in [0.15, 0.2) is 0 Å². The Labute approximate surface area is 115 Å². The number of amides is 1. The molecular formula is C13H23BNO4. The number of ether oxygens (including phenoxy) is 1. The van der Waals surface area contributed by atoms with Gasteiger partial charge >= 0.3 is 13.6 Å². The fourth-order valence-corrected chi connectivity index (χ4v) is 1.51. The molecule has 0 aromatic heterocycles. The molecule has 0 saturated carbocycles. The minimum Gasteiger partial charge on any atom is -0.453 e. The molecule has 1 heterocycles. The topological polar surface area (TPSA) is 59.0 Å². The highest BCUT2D eigenvalue weighted by Gasteiger charge is 2.36. The van der Waals surface area contributed by atoms with E-state index in [-0.39, 0.29) is 6.09 Å². The Hall–Kier alpha value is -1.01. The zero-order valence-corrected chi connectivity index (χ0v) is 12.4. The summed E-state index contributed by atoms with van der Waals surface area (Å²) >= 11 is 0. The van der Waals surface area contributed by atoms with Crippen LogP contribution in [0.25, 0.3) is 0 Å². The van der Waals surface area contributed by atoms with Crippen molar-refractivity contribution in [3.63, 3.8) is 0 Å². The normalized spacial score (nSPS) is 16.9. The highest BCUT2D eigenvalue weighted by Crippen LogP contribution is 2.25. The number of hydrogen-bond donors (Lipinski definition) is 1. The van der Waals surface area contributed by atoms with E-state index in [0.717, 1.165) is 11.9 Å². The van der Waals surface area contributed by atoms with Gasteiger partial charge < -0.3 is 19.4 Å². The SMILES string of the molecule is COC(=O)N1CCC=C([B]OC(C)(C)C(C)(C)O)C1. The van der Waals surface area contributed by atoms with E-state index in [0.29, 0.717) is 13.1 Å². The number of nitrogens with zero attached hydrogens (tertiary/aromatic N) is 1. The second-order valence-electron chi connectivity index (χ2n) is 5.76. The second kappa shape index (κ2) is 5.97. The standard InChI is InChI=1S/C13H23BNO4/c1-12(2,17)13(3,4)19-14-10-7-6-8-15(9-10)11(16)18-5/h7,17H,6,8-9H2,1-5H3. The van der Waals surface area contributed by atoms with Crippen molar-refractivity contribution in [1.82, 2.24) is 4.90 Å². The molecule has 107 valence electrons. The second-order valence-corrected chi connectivity index (χ2v) is 5.76. The summed E-state index contributed by atoms with van der Waals surface area (Å²) in [5.74, 6) is 0. The van der Waals surface area contributed by atoms with Gasteiger partial charge in [-0.05, 0) is 34.1 Å². The highest BCUT2D eigenvalue weighted by molar-refractivity contribution is 6.38. The third-order valence-electron chi connectivity index (χ3n) is 3.59. The lowest BCUT2D eigenvalue weighted by atomic mass is 9.80. The van der Waals surface area contributed by atoms with E-state index in [1.54, 1.807) is 26.2 Å². The van der Waals surface area contributed by atoms with Crippen LogP contribution in [0.2, 0.25) is 0 Å². The third-order valence-corrected chi connectivity index (χ3v) is 3.59. The molecule has 1 aliphatic heterocycles. The summed E-state index contributed by atoms with van der Waals surface area (Å²) in [6.07, 6.45) is 2.47. The van der Waals surface area contributed by atoms with Gasteiger partial charge in [-0.15, -0.1) is 0 Å². The fourth-order valence-electron chi connectivity index (χ4n) is 1.51. The van der Waals surface area contributed by atoms with Crippen molar-refractivity contribution in [2.45, 2.75) is 45.3 Å². The van der Waals surface area contributed by atoms with Crippen LogP contribution in [-0.2, 0) is 9.39 Å². The van der Waals surface area contributed by atoms with Gasteiger partial charge in [0.05, 0.1) is 18.3 Å². The zero-order chi connectivity index (χ0) is 14.7. The molecule has 1 aliphatic rings. The number of methoxy groups -OCH3 is 1. The van der Waals surface area contributed by atoms with Crippen molar-refractivity contribution in [2.24, 2.45) is 0 Å². The number of aliphatic hydroxyl groups is 1. The van der Waals surface area contributed by atoms with Gasteiger partial charge in [0.1, 0.15) is 0 Å². The van der Waals surface area contributed by atoms with Gasteiger partial charge in [-0.1, -0.05) is 11.5 Å². The van der Waals surface area contributed by atoms with Gasteiger partial charge in [0, 0.05) is 13.1 Å².